The molecule has 6 nitrogen and oxygen atoms in total. The Kier molecular flexibility index (Phi) is 7.72. The fraction of sp³-hybridized carbons (Fsp3) is 0.111. The zero-order valence-corrected chi connectivity index (χ0v) is 17.6. The lowest BCUT2D eigenvalue weighted by Crippen LogP contribution is -2.19. The van der Waals surface area contributed by atoms with E-state index in [2.05, 4.69) is 20.7 Å². The van der Waals surface area contributed by atoms with Gasteiger partial charge in [-0.15, -0.1) is 10.2 Å². The number of benzene rings is 2. The minimum atomic E-state index is -0.267. The highest BCUT2D eigenvalue weighted by Gasteiger charge is 2.09. The lowest BCUT2D eigenvalue weighted by molar-refractivity contribution is -0.118. The predicted molar refractivity (Wildman–Crippen MR) is 115 cm³/mol. The molecule has 0 atom stereocenters. The molecule has 0 saturated carbocycles. The van der Waals surface area contributed by atoms with E-state index in [1.807, 2.05) is 24.3 Å². The van der Waals surface area contributed by atoms with Gasteiger partial charge in [0.2, 0.25) is 0 Å². The molecule has 0 fully saturated rings. The number of nitrogens with zero attached hydrogens (tertiary/aromatic N) is 3. The number of amides is 1. The molecule has 0 bridgehead atoms. The SMILES string of the molecule is O=C(CSc1nnc(SCc2ccccc2Cl)s1)N/N=C\c1ccccc1O. The molecule has 0 unspecified atom stereocenters. The third-order valence-electron chi connectivity index (χ3n) is 3.35. The summed E-state index contributed by atoms with van der Waals surface area (Å²) in [6, 6.07) is 14.4. The summed E-state index contributed by atoms with van der Waals surface area (Å²) in [7, 11) is 0. The summed E-state index contributed by atoms with van der Waals surface area (Å²) in [5, 5.41) is 22.4. The second-order valence-electron chi connectivity index (χ2n) is 5.35. The summed E-state index contributed by atoms with van der Waals surface area (Å²) >= 11 is 10.4. The number of hydrogen-bond acceptors (Lipinski definition) is 8. The highest BCUT2D eigenvalue weighted by Crippen LogP contribution is 2.32. The van der Waals surface area contributed by atoms with Crippen LogP contribution in [0.4, 0.5) is 0 Å². The van der Waals surface area contributed by atoms with E-state index in [9.17, 15) is 9.90 Å². The number of phenolic OH excluding ortho intramolecular Hbond substituents is 1. The standard InChI is InChI=1S/C18H15ClN4O2S3/c19-14-7-3-1-6-13(14)10-26-17-22-23-18(28-17)27-11-16(25)21-20-9-12-5-2-4-8-15(12)24/h1-9,24H,10-11H2,(H,21,25)/b20-9-. The molecule has 3 aromatic rings. The Hall–Kier alpha value is -2.07. The van der Waals surface area contributed by atoms with Gasteiger partial charge in [0, 0.05) is 16.3 Å². The van der Waals surface area contributed by atoms with Crippen LogP contribution in [0.3, 0.4) is 0 Å². The van der Waals surface area contributed by atoms with Crippen molar-refractivity contribution in [2.75, 3.05) is 5.75 Å². The van der Waals surface area contributed by atoms with Crippen LogP contribution in [0.2, 0.25) is 5.02 Å². The van der Waals surface area contributed by atoms with Gasteiger partial charge >= 0.3 is 0 Å². The molecule has 2 aromatic carbocycles. The van der Waals surface area contributed by atoms with Crippen LogP contribution in [0.5, 0.6) is 5.75 Å². The van der Waals surface area contributed by atoms with Gasteiger partial charge in [-0.1, -0.05) is 76.8 Å². The summed E-state index contributed by atoms with van der Waals surface area (Å²) in [5.74, 6) is 0.713. The summed E-state index contributed by atoms with van der Waals surface area (Å²) in [6.45, 7) is 0. The van der Waals surface area contributed by atoms with Crippen molar-refractivity contribution in [3.63, 3.8) is 0 Å². The zero-order chi connectivity index (χ0) is 19.8. The van der Waals surface area contributed by atoms with Crippen LogP contribution in [0.1, 0.15) is 11.1 Å². The number of hydrazone groups is 1. The number of aromatic hydroxyl groups is 1. The smallest absolute Gasteiger partial charge is 0.250 e. The van der Waals surface area contributed by atoms with Crippen molar-refractivity contribution < 1.29 is 9.90 Å². The second kappa shape index (κ2) is 10.5. The van der Waals surface area contributed by atoms with E-state index in [0.717, 1.165) is 14.9 Å². The van der Waals surface area contributed by atoms with E-state index in [-0.39, 0.29) is 17.4 Å². The van der Waals surface area contributed by atoms with Gasteiger partial charge in [-0.3, -0.25) is 4.79 Å². The maximum absolute atomic E-state index is 11.9. The van der Waals surface area contributed by atoms with E-state index in [0.29, 0.717) is 15.7 Å². The molecule has 1 aromatic heterocycles. The van der Waals surface area contributed by atoms with Gasteiger partial charge in [0.15, 0.2) is 8.68 Å². The topological polar surface area (TPSA) is 87.5 Å². The van der Waals surface area contributed by atoms with E-state index in [1.54, 1.807) is 36.0 Å². The normalized spacial score (nSPS) is 11.0. The molecule has 2 N–H and O–H groups in total. The zero-order valence-electron chi connectivity index (χ0n) is 14.4. The number of aromatic nitrogens is 2. The van der Waals surface area contributed by atoms with Gasteiger partial charge in [-0.2, -0.15) is 5.10 Å². The van der Waals surface area contributed by atoms with Crippen molar-refractivity contribution in [1.29, 1.82) is 0 Å². The molecular formula is C18H15ClN4O2S3. The Labute approximate surface area is 179 Å². The average molecular weight is 451 g/mol. The van der Waals surface area contributed by atoms with Crippen LogP contribution in [0.25, 0.3) is 0 Å². The van der Waals surface area contributed by atoms with E-state index < -0.39 is 0 Å². The summed E-state index contributed by atoms with van der Waals surface area (Å²) in [5.41, 5.74) is 3.99. The number of carbonyl (C=O) groups is 1. The van der Waals surface area contributed by atoms with E-state index in [1.165, 1.54) is 29.3 Å². The van der Waals surface area contributed by atoms with Crippen LogP contribution in [-0.4, -0.2) is 33.2 Å². The third-order valence-corrected chi connectivity index (χ3v) is 6.96. The van der Waals surface area contributed by atoms with Crippen LogP contribution in [-0.2, 0) is 10.5 Å². The Morgan fingerprint density at radius 2 is 1.86 bits per heavy atom. The van der Waals surface area contributed by atoms with Gasteiger partial charge in [-0.25, -0.2) is 5.43 Å². The first kappa shape index (κ1) is 20.7. The Morgan fingerprint density at radius 3 is 2.64 bits per heavy atom. The first-order valence-electron chi connectivity index (χ1n) is 8.04. The number of phenols is 1. The molecular weight excluding hydrogens is 436 g/mol. The van der Waals surface area contributed by atoms with Crippen molar-refractivity contribution in [3.8, 4) is 5.75 Å². The van der Waals surface area contributed by atoms with Gasteiger partial charge in [-0.05, 0) is 23.8 Å². The van der Waals surface area contributed by atoms with Crippen molar-refractivity contribution in [2.24, 2.45) is 5.10 Å². The van der Waals surface area contributed by atoms with Crippen molar-refractivity contribution >= 4 is 58.6 Å². The molecule has 1 amide bonds. The largest absolute Gasteiger partial charge is 0.507 e. The third kappa shape index (κ3) is 6.23. The highest BCUT2D eigenvalue weighted by atomic mass is 35.5. The summed E-state index contributed by atoms with van der Waals surface area (Å²) in [6.07, 6.45) is 1.40. The van der Waals surface area contributed by atoms with Gasteiger partial charge in [0.05, 0.1) is 12.0 Å². The minimum Gasteiger partial charge on any atom is -0.507 e. The van der Waals surface area contributed by atoms with Crippen molar-refractivity contribution in [2.45, 2.75) is 14.4 Å². The van der Waals surface area contributed by atoms with Gasteiger partial charge in [0.1, 0.15) is 5.75 Å². The molecule has 0 saturated heterocycles. The summed E-state index contributed by atoms with van der Waals surface area (Å²) in [4.78, 5) is 11.9. The number of para-hydroxylation sites is 1. The monoisotopic (exact) mass is 450 g/mol. The first-order chi connectivity index (χ1) is 13.6. The number of thioether (sulfide) groups is 2. The molecule has 144 valence electrons. The van der Waals surface area contributed by atoms with Crippen LogP contribution in [0, 0.1) is 0 Å². The first-order valence-corrected chi connectivity index (χ1v) is 11.2. The maximum atomic E-state index is 11.9. The summed E-state index contributed by atoms with van der Waals surface area (Å²) < 4.78 is 1.53. The lowest BCUT2D eigenvalue weighted by Gasteiger charge is -2.00. The predicted octanol–water partition coefficient (Wildman–Crippen LogP) is 4.43. The quantitative estimate of drug-likeness (QED) is 0.300. The minimum absolute atomic E-state index is 0.102. The molecule has 28 heavy (non-hydrogen) atoms. The fourth-order valence-corrected chi connectivity index (χ4v) is 5.10. The van der Waals surface area contributed by atoms with Gasteiger partial charge in [0.25, 0.3) is 5.91 Å². The number of hydrogen-bond donors (Lipinski definition) is 2. The van der Waals surface area contributed by atoms with Gasteiger partial charge < -0.3 is 5.11 Å². The molecule has 0 spiro atoms. The van der Waals surface area contributed by atoms with Crippen LogP contribution in [0.15, 0.2) is 62.3 Å². The average Bonchev–Trinajstić information content (AvgIpc) is 3.15. The van der Waals surface area contributed by atoms with Crippen LogP contribution < -0.4 is 5.43 Å². The second-order valence-corrected chi connectivity index (χ2v) is 9.18. The Balaban J connectivity index is 1.43. The fourth-order valence-electron chi connectivity index (χ4n) is 2.00. The molecule has 1 heterocycles. The molecule has 0 aliphatic carbocycles. The number of nitrogens with one attached hydrogen (secondary N) is 1. The van der Waals surface area contributed by atoms with Crippen molar-refractivity contribution in [3.05, 3.63) is 64.7 Å². The maximum Gasteiger partial charge on any atom is 0.250 e. The van der Waals surface area contributed by atoms with E-state index >= 15 is 0 Å². The lowest BCUT2D eigenvalue weighted by atomic mass is 10.2. The molecule has 3 rings (SSSR count). The molecule has 10 heteroatoms. The van der Waals surface area contributed by atoms with Crippen molar-refractivity contribution in [1.82, 2.24) is 15.6 Å². The van der Waals surface area contributed by atoms with E-state index in [4.69, 9.17) is 11.6 Å². The van der Waals surface area contributed by atoms with Crippen LogP contribution >= 0.6 is 46.5 Å². The Bertz CT molecular complexity index is 981. The molecule has 0 aliphatic rings. The number of halogens is 1. The number of rotatable bonds is 8. The Morgan fingerprint density at radius 1 is 1.14 bits per heavy atom. The molecule has 0 radical (unpaired) electrons. The highest BCUT2D eigenvalue weighted by molar-refractivity contribution is 8.03. The number of carbonyl (C=O) groups excluding carboxylic acids is 1. The molecule has 0 aliphatic heterocycles.